The zero-order valence-corrected chi connectivity index (χ0v) is 4.48. The Labute approximate surface area is 45.6 Å². The molecule has 3 N–H and O–H groups in total. The van der Waals surface area contributed by atoms with Crippen molar-refractivity contribution < 1.29 is 14.8 Å². The largest absolute Gasteiger partial charge is 0.390 e. The van der Waals surface area contributed by atoms with E-state index in [1.165, 1.54) is 0 Å². The van der Waals surface area contributed by atoms with E-state index in [1.54, 1.807) is 0 Å². The van der Waals surface area contributed by atoms with E-state index in [0.717, 1.165) is 0 Å². The molecule has 0 saturated carbocycles. The summed E-state index contributed by atoms with van der Waals surface area (Å²) in [5.41, 5.74) is 0. The first kappa shape index (κ1) is 6.87. The standard InChI is InChI=1S/C2H6N2O2S/c5-2-1-3-4-7-6/h5-6H,1-2H2/p+1. The van der Waals surface area contributed by atoms with E-state index in [1.807, 2.05) is 0 Å². The number of aliphatic hydroxyl groups is 1. The van der Waals surface area contributed by atoms with Crippen LogP contribution in [0, 0.1) is 0 Å². The smallest absolute Gasteiger partial charge is 0.203 e. The molecule has 7 heavy (non-hydrogen) atoms. The van der Waals surface area contributed by atoms with E-state index in [-0.39, 0.29) is 6.61 Å². The minimum Gasteiger partial charge on any atom is -0.390 e. The molecule has 0 atom stereocenters. The van der Waals surface area contributed by atoms with E-state index in [0.29, 0.717) is 18.8 Å². The van der Waals surface area contributed by atoms with Gasteiger partial charge in [0.15, 0.2) is 6.54 Å². The third kappa shape index (κ3) is 5.87. The second-order valence-electron chi connectivity index (χ2n) is 0.805. The van der Waals surface area contributed by atoms with E-state index < -0.39 is 0 Å². The van der Waals surface area contributed by atoms with Crippen LogP contribution in [0.2, 0.25) is 0 Å². The molecule has 0 aromatic carbocycles. The van der Waals surface area contributed by atoms with Crippen LogP contribution < -0.4 is 5.11 Å². The second kappa shape index (κ2) is 5.87. The molecule has 0 amide bonds. The zero-order chi connectivity index (χ0) is 5.54. The average Bonchev–Trinajstić information content (AvgIpc) is 1.69. The van der Waals surface area contributed by atoms with Gasteiger partial charge in [-0.2, -0.15) is 0 Å². The van der Waals surface area contributed by atoms with Gasteiger partial charge in [-0.05, 0) is 0 Å². The maximum Gasteiger partial charge on any atom is 0.203 e. The summed E-state index contributed by atoms with van der Waals surface area (Å²) in [5, 5.41) is 10.5. The lowest BCUT2D eigenvalue weighted by Gasteiger charge is -1.71. The van der Waals surface area contributed by atoms with Crippen LogP contribution in [0.25, 0.3) is 0 Å². The molecule has 42 valence electrons. The van der Waals surface area contributed by atoms with Crippen LogP contribution in [0.1, 0.15) is 0 Å². The van der Waals surface area contributed by atoms with Crippen molar-refractivity contribution >= 4 is 12.2 Å². The molecule has 0 fully saturated rings. The third-order valence-electron chi connectivity index (χ3n) is 0.329. The predicted octanol–water partition coefficient (Wildman–Crippen LogP) is -1.37. The summed E-state index contributed by atoms with van der Waals surface area (Å²) in [7, 11) is 0. The van der Waals surface area contributed by atoms with Crippen LogP contribution in [0.15, 0.2) is 4.52 Å². The van der Waals surface area contributed by atoms with Gasteiger partial charge in [0.2, 0.25) is 12.2 Å². The first-order valence-electron chi connectivity index (χ1n) is 1.76. The van der Waals surface area contributed by atoms with E-state index in [4.69, 9.17) is 9.66 Å². The average molecular weight is 123 g/mol. The van der Waals surface area contributed by atoms with Crippen LogP contribution in [0.4, 0.5) is 0 Å². The van der Waals surface area contributed by atoms with Crippen LogP contribution in [0.3, 0.4) is 0 Å². The topological polar surface area (TPSA) is 66.8 Å². The maximum atomic E-state index is 8.08. The third-order valence-corrected chi connectivity index (χ3v) is 0.540. The van der Waals surface area contributed by atoms with Crippen molar-refractivity contribution in [1.29, 1.82) is 0 Å². The summed E-state index contributed by atoms with van der Waals surface area (Å²) in [6, 6.07) is 0. The lowest BCUT2D eigenvalue weighted by atomic mass is 10.8. The van der Waals surface area contributed by atoms with Gasteiger partial charge in [0.25, 0.3) is 0 Å². The fraction of sp³-hybridized carbons (Fsp3) is 1.00. The Morgan fingerprint density at radius 1 is 1.71 bits per heavy atom. The fourth-order valence-electron chi connectivity index (χ4n) is 0.125. The molecular weight excluding hydrogens is 116 g/mol. The number of aliphatic hydroxyl groups excluding tert-OH is 1. The predicted molar refractivity (Wildman–Crippen MR) is 25.6 cm³/mol. The highest BCUT2D eigenvalue weighted by atomic mass is 32.2. The second-order valence-corrected chi connectivity index (χ2v) is 1.15. The van der Waals surface area contributed by atoms with Crippen molar-refractivity contribution in [2.45, 2.75) is 0 Å². The van der Waals surface area contributed by atoms with Crippen LogP contribution in [-0.4, -0.2) is 22.8 Å². The molecule has 0 heterocycles. The van der Waals surface area contributed by atoms with Crippen molar-refractivity contribution in [3.8, 4) is 0 Å². The fourth-order valence-corrected chi connectivity index (χ4v) is 0.274. The Morgan fingerprint density at radius 2 is 2.43 bits per heavy atom. The highest BCUT2D eigenvalue weighted by Gasteiger charge is 1.79. The molecular formula is C2H7N2O2S+. The molecule has 0 spiro atoms. The Hall–Kier alpha value is -0.130. The van der Waals surface area contributed by atoms with E-state index in [9.17, 15) is 0 Å². The molecule has 0 aliphatic rings. The van der Waals surface area contributed by atoms with E-state index >= 15 is 0 Å². The van der Waals surface area contributed by atoms with Crippen LogP contribution in [0.5, 0.6) is 0 Å². The molecule has 0 aromatic rings. The lowest BCUT2D eigenvalue weighted by molar-refractivity contribution is -0.524. The molecule has 5 heteroatoms. The SMILES string of the molecule is OCC[NH+]=NSO. The van der Waals surface area contributed by atoms with Crippen molar-refractivity contribution in [1.82, 2.24) is 0 Å². The van der Waals surface area contributed by atoms with Crippen molar-refractivity contribution in [2.75, 3.05) is 13.2 Å². The summed E-state index contributed by atoms with van der Waals surface area (Å²) in [5.74, 6) is 0. The summed E-state index contributed by atoms with van der Waals surface area (Å²) >= 11 is 0.344. The van der Waals surface area contributed by atoms with Crippen LogP contribution in [-0.2, 0) is 0 Å². The highest BCUT2D eigenvalue weighted by Crippen LogP contribution is 1.81. The number of nitrogens with one attached hydrogen (secondary N) is 1. The van der Waals surface area contributed by atoms with Gasteiger partial charge in [-0.25, -0.2) is 0 Å². The van der Waals surface area contributed by atoms with Gasteiger partial charge in [-0.15, -0.1) is 5.11 Å². The minimum atomic E-state index is 0.0318. The Balaban J connectivity index is 2.78. The van der Waals surface area contributed by atoms with Gasteiger partial charge in [0, 0.05) is 0 Å². The number of nitrogens with zero attached hydrogens (tertiary/aromatic N) is 1. The van der Waals surface area contributed by atoms with Gasteiger partial charge >= 0.3 is 0 Å². The van der Waals surface area contributed by atoms with Crippen molar-refractivity contribution in [3.63, 3.8) is 0 Å². The molecule has 0 aliphatic heterocycles. The van der Waals surface area contributed by atoms with Gasteiger partial charge in [0.05, 0.1) is 4.52 Å². The number of hydrogen-bond donors (Lipinski definition) is 3. The number of hydrogen-bond acceptors (Lipinski definition) is 4. The molecule has 0 rings (SSSR count). The summed E-state index contributed by atoms with van der Waals surface area (Å²) in [4.78, 5) is 0. The van der Waals surface area contributed by atoms with E-state index in [2.05, 4.69) is 9.63 Å². The van der Waals surface area contributed by atoms with Gasteiger partial charge in [-0.3, -0.25) is 0 Å². The first-order chi connectivity index (χ1) is 3.41. The molecule has 0 aromatic heterocycles. The molecule has 0 saturated heterocycles. The molecule has 0 radical (unpaired) electrons. The Bertz CT molecular complexity index is 57.7. The Kier molecular flexibility index (Phi) is 5.76. The molecule has 0 bridgehead atoms. The molecule has 0 aliphatic carbocycles. The quantitative estimate of drug-likeness (QED) is 0.246. The van der Waals surface area contributed by atoms with Crippen molar-refractivity contribution in [3.05, 3.63) is 0 Å². The first-order valence-corrected chi connectivity index (χ1v) is 2.49. The molecule has 4 nitrogen and oxygen atoms in total. The summed E-state index contributed by atoms with van der Waals surface area (Å²) in [6.45, 7) is 0.414. The summed E-state index contributed by atoms with van der Waals surface area (Å²) < 4.78 is 11.1. The number of rotatable bonds is 3. The minimum absolute atomic E-state index is 0.0318. The summed E-state index contributed by atoms with van der Waals surface area (Å²) in [6.07, 6.45) is 0. The lowest BCUT2D eigenvalue weighted by Crippen LogP contribution is -2.66. The van der Waals surface area contributed by atoms with Crippen molar-refractivity contribution in [2.24, 2.45) is 4.52 Å². The van der Waals surface area contributed by atoms with Gasteiger partial charge in [0.1, 0.15) is 6.61 Å². The zero-order valence-electron chi connectivity index (χ0n) is 3.66. The molecule has 0 unspecified atom stereocenters. The Morgan fingerprint density at radius 3 is 2.86 bits per heavy atom. The monoisotopic (exact) mass is 123 g/mol. The maximum absolute atomic E-state index is 8.08. The van der Waals surface area contributed by atoms with Gasteiger partial charge in [-0.1, -0.05) is 0 Å². The van der Waals surface area contributed by atoms with Crippen LogP contribution >= 0.6 is 12.2 Å². The normalized spacial score (nSPS) is 10.6. The highest BCUT2D eigenvalue weighted by molar-refractivity contribution is 7.92. The van der Waals surface area contributed by atoms with Gasteiger partial charge < -0.3 is 9.66 Å².